The lowest BCUT2D eigenvalue weighted by Gasteiger charge is -2.32. The second-order valence-electron chi connectivity index (χ2n) is 9.33. The van der Waals surface area contributed by atoms with Crippen molar-refractivity contribution < 1.29 is 14.7 Å². The summed E-state index contributed by atoms with van der Waals surface area (Å²) in [5.74, 6) is -0.290. The molecule has 0 saturated carbocycles. The molecule has 0 aliphatic carbocycles. The van der Waals surface area contributed by atoms with Crippen molar-refractivity contribution in [1.82, 2.24) is 14.5 Å². The molecule has 170 valence electrons. The number of carbonyl (C=O) groups excluding carboxylic acids is 2. The molecule has 1 N–H and O–H groups in total. The SMILES string of the molecule is CC(C)N(C(=O)c1ccc2cc(C(O)(c3cn(C)cn3)C(C)C)ccc2c1C=O)C(C)C. The molecule has 0 spiro atoms. The zero-order chi connectivity index (χ0) is 23.8. The molecule has 1 aromatic heterocycles. The van der Waals surface area contributed by atoms with Crippen LogP contribution in [0.4, 0.5) is 0 Å². The van der Waals surface area contributed by atoms with E-state index in [1.807, 2.05) is 79.1 Å². The Morgan fingerprint density at radius 1 is 1.09 bits per heavy atom. The molecule has 2 aromatic carbocycles. The van der Waals surface area contributed by atoms with E-state index in [0.717, 1.165) is 11.7 Å². The molecule has 3 aromatic rings. The van der Waals surface area contributed by atoms with Crippen LogP contribution in [-0.2, 0) is 12.6 Å². The van der Waals surface area contributed by atoms with Crippen LogP contribution in [0.1, 0.15) is 73.5 Å². The molecule has 1 unspecified atom stereocenters. The van der Waals surface area contributed by atoms with Gasteiger partial charge >= 0.3 is 0 Å². The molecule has 0 fully saturated rings. The number of nitrogens with zero attached hydrogens (tertiary/aromatic N) is 3. The fourth-order valence-corrected chi connectivity index (χ4v) is 4.50. The molecular formula is C26H33N3O3. The van der Waals surface area contributed by atoms with E-state index in [-0.39, 0.29) is 23.9 Å². The number of amides is 1. The standard InChI is InChI=1S/C26H33N3O3/c1-16(2)26(32,24-13-28(7)15-27-24)20-9-11-21-19(12-20)8-10-22(23(21)14-30)25(31)29(17(3)4)18(5)6/h8-18,32H,1-7H3. The zero-order valence-corrected chi connectivity index (χ0v) is 20.0. The fraction of sp³-hybridized carbons (Fsp3) is 0.423. The number of fused-ring (bicyclic) bond motifs is 1. The lowest BCUT2D eigenvalue weighted by Crippen LogP contribution is -2.42. The Bertz CT molecular complexity index is 1140. The topological polar surface area (TPSA) is 75.4 Å². The third kappa shape index (κ3) is 3.95. The number of aldehydes is 1. The van der Waals surface area contributed by atoms with Crippen molar-refractivity contribution in [3.8, 4) is 0 Å². The van der Waals surface area contributed by atoms with Crippen molar-refractivity contribution in [3.63, 3.8) is 0 Å². The van der Waals surface area contributed by atoms with Crippen molar-refractivity contribution in [2.45, 2.75) is 59.2 Å². The summed E-state index contributed by atoms with van der Waals surface area (Å²) < 4.78 is 1.81. The van der Waals surface area contributed by atoms with Crippen LogP contribution >= 0.6 is 0 Å². The first-order valence-corrected chi connectivity index (χ1v) is 11.1. The Hall–Kier alpha value is -2.99. The largest absolute Gasteiger partial charge is 0.378 e. The van der Waals surface area contributed by atoms with E-state index >= 15 is 0 Å². The monoisotopic (exact) mass is 435 g/mol. The summed E-state index contributed by atoms with van der Waals surface area (Å²) in [6, 6.07) is 9.10. The first kappa shape index (κ1) is 23.7. The Morgan fingerprint density at radius 3 is 2.25 bits per heavy atom. The van der Waals surface area contributed by atoms with Gasteiger partial charge in [-0.1, -0.05) is 32.0 Å². The number of imidazole rings is 1. The van der Waals surface area contributed by atoms with Gasteiger partial charge in [0, 0.05) is 30.9 Å². The minimum atomic E-state index is -1.28. The molecule has 0 bridgehead atoms. The van der Waals surface area contributed by atoms with Gasteiger partial charge in [0.1, 0.15) is 5.60 Å². The molecule has 0 saturated heterocycles. The quantitative estimate of drug-likeness (QED) is 0.553. The van der Waals surface area contributed by atoms with Gasteiger partial charge in [0.15, 0.2) is 6.29 Å². The van der Waals surface area contributed by atoms with Crippen LogP contribution in [0.15, 0.2) is 42.9 Å². The van der Waals surface area contributed by atoms with E-state index in [1.54, 1.807) is 21.9 Å². The average molecular weight is 436 g/mol. The molecular weight excluding hydrogens is 402 g/mol. The predicted molar refractivity (Wildman–Crippen MR) is 127 cm³/mol. The van der Waals surface area contributed by atoms with Crippen molar-refractivity contribution in [1.29, 1.82) is 0 Å². The van der Waals surface area contributed by atoms with Crippen LogP contribution in [0, 0.1) is 5.92 Å². The van der Waals surface area contributed by atoms with Crippen molar-refractivity contribution in [3.05, 3.63) is 65.2 Å². The van der Waals surface area contributed by atoms with E-state index in [4.69, 9.17) is 0 Å². The number of aliphatic hydroxyl groups is 1. The summed E-state index contributed by atoms with van der Waals surface area (Å²) in [5.41, 5.74) is 0.752. The maximum absolute atomic E-state index is 13.3. The summed E-state index contributed by atoms with van der Waals surface area (Å²) in [6.07, 6.45) is 4.23. The van der Waals surface area contributed by atoms with Crippen LogP contribution in [0.5, 0.6) is 0 Å². The summed E-state index contributed by atoms with van der Waals surface area (Å²) in [6.45, 7) is 11.8. The molecule has 0 aliphatic rings. The maximum atomic E-state index is 13.3. The number of carbonyl (C=O) groups is 2. The molecule has 6 nitrogen and oxygen atoms in total. The summed E-state index contributed by atoms with van der Waals surface area (Å²) in [5, 5.41) is 13.1. The second kappa shape index (κ2) is 8.87. The van der Waals surface area contributed by atoms with Crippen LogP contribution in [0.2, 0.25) is 0 Å². The van der Waals surface area contributed by atoms with Gasteiger partial charge < -0.3 is 14.6 Å². The number of aromatic nitrogens is 2. The number of hydrogen-bond donors (Lipinski definition) is 1. The minimum absolute atomic E-state index is 0.0134. The van der Waals surface area contributed by atoms with Gasteiger partial charge in [-0.3, -0.25) is 9.59 Å². The van der Waals surface area contributed by atoms with Gasteiger partial charge in [-0.15, -0.1) is 0 Å². The van der Waals surface area contributed by atoms with Crippen LogP contribution in [0.25, 0.3) is 10.8 Å². The van der Waals surface area contributed by atoms with Crippen molar-refractivity contribution >= 4 is 23.0 Å². The van der Waals surface area contributed by atoms with Crippen LogP contribution in [-0.4, -0.2) is 43.8 Å². The van der Waals surface area contributed by atoms with Gasteiger partial charge in [0.05, 0.1) is 17.6 Å². The highest BCUT2D eigenvalue weighted by molar-refractivity contribution is 6.10. The summed E-state index contributed by atoms with van der Waals surface area (Å²) >= 11 is 0. The molecule has 0 radical (unpaired) electrons. The third-order valence-corrected chi connectivity index (χ3v) is 6.13. The highest BCUT2D eigenvalue weighted by Crippen LogP contribution is 2.37. The number of benzene rings is 2. The summed E-state index contributed by atoms with van der Waals surface area (Å²) in [7, 11) is 1.87. The Balaban J connectivity index is 2.16. The Kier molecular flexibility index (Phi) is 6.56. The Labute approximate surface area is 189 Å². The number of aryl methyl sites for hydroxylation is 1. The van der Waals surface area contributed by atoms with Gasteiger partial charge in [0.25, 0.3) is 5.91 Å². The molecule has 1 heterocycles. The highest BCUT2D eigenvalue weighted by Gasteiger charge is 2.37. The van der Waals surface area contributed by atoms with E-state index in [0.29, 0.717) is 27.8 Å². The first-order valence-electron chi connectivity index (χ1n) is 11.1. The molecule has 1 atom stereocenters. The third-order valence-electron chi connectivity index (χ3n) is 6.13. The highest BCUT2D eigenvalue weighted by atomic mass is 16.3. The maximum Gasteiger partial charge on any atom is 0.255 e. The van der Waals surface area contributed by atoms with Crippen LogP contribution < -0.4 is 0 Å². The van der Waals surface area contributed by atoms with E-state index in [1.165, 1.54) is 0 Å². The van der Waals surface area contributed by atoms with Crippen LogP contribution in [0.3, 0.4) is 0 Å². The van der Waals surface area contributed by atoms with Gasteiger partial charge in [-0.25, -0.2) is 4.98 Å². The summed E-state index contributed by atoms with van der Waals surface area (Å²) in [4.78, 5) is 31.5. The number of rotatable bonds is 7. The van der Waals surface area contributed by atoms with E-state index < -0.39 is 5.60 Å². The number of hydrogen-bond acceptors (Lipinski definition) is 4. The molecule has 0 aliphatic heterocycles. The van der Waals surface area contributed by atoms with E-state index in [9.17, 15) is 14.7 Å². The first-order chi connectivity index (χ1) is 15.0. The van der Waals surface area contributed by atoms with Gasteiger partial charge in [0.2, 0.25) is 0 Å². The van der Waals surface area contributed by atoms with Crippen molar-refractivity contribution in [2.75, 3.05) is 0 Å². The lowest BCUT2D eigenvalue weighted by molar-refractivity contribution is 0.0280. The fourth-order valence-electron chi connectivity index (χ4n) is 4.50. The normalized spacial score (nSPS) is 13.7. The minimum Gasteiger partial charge on any atom is -0.378 e. The molecule has 3 rings (SSSR count). The smallest absolute Gasteiger partial charge is 0.255 e. The molecule has 1 amide bonds. The molecule has 6 heteroatoms. The van der Waals surface area contributed by atoms with Crippen molar-refractivity contribution in [2.24, 2.45) is 13.0 Å². The van der Waals surface area contributed by atoms with Gasteiger partial charge in [-0.05, 0) is 62.1 Å². The Morgan fingerprint density at radius 2 is 1.75 bits per heavy atom. The molecule has 32 heavy (non-hydrogen) atoms. The van der Waals surface area contributed by atoms with Gasteiger partial charge in [-0.2, -0.15) is 0 Å². The van der Waals surface area contributed by atoms with E-state index in [2.05, 4.69) is 4.98 Å². The zero-order valence-electron chi connectivity index (χ0n) is 20.0. The second-order valence-corrected chi connectivity index (χ2v) is 9.33. The lowest BCUT2D eigenvalue weighted by atomic mass is 9.80. The predicted octanol–water partition coefficient (Wildman–Crippen LogP) is 4.54. The average Bonchev–Trinajstić information content (AvgIpc) is 3.17.